The third-order valence-electron chi connectivity index (χ3n) is 3.69. The molecule has 0 saturated carbocycles. The maximum Gasteiger partial charge on any atom is 0.124 e. The van der Waals surface area contributed by atoms with Gasteiger partial charge in [-0.05, 0) is 64.3 Å². The Labute approximate surface area is 118 Å². The van der Waals surface area contributed by atoms with Crippen molar-refractivity contribution in [2.45, 2.75) is 59.9 Å². The summed E-state index contributed by atoms with van der Waals surface area (Å²) in [6.45, 7) is 11.5. The van der Waals surface area contributed by atoms with Gasteiger partial charge in [-0.15, -0.1) is 0 Å². The number of rotatable bonds is 5. The maximum atomic E-state index is 13.7. The van der Waals surface area contributed by atoms with Gasteiger partial charge in [0.25, 0.3) is 0 Å². The summed E-state index contributed by atoms with van der Waals surface area (Å²) in [4.78, 5) is 2.29. The Kier molecular flexibility index (Phi) is 8.73. The Balaban J connectivity index is 0.00000154. The zero-order valence-electron chi connectivity index (χ0n) is 13.5. The van der Waals surface area contributed by atoms with Gasteiger partial charge in [-0.1, -0.05) is 20.8 Å². The SMILES string of the molecule is CC.CC(CCN(C)C(C)C)C1=C(F)C=C(N)CC1. The van der Waals surface area contributed by atoms with E-state index in [1.807, 2.05) is 13.8 Å². The van der Waals surface area contributed by atoms with E-state index < -0.39 is 0 Å². The van der Waals surface area contributed by atoms with Crippen molar-refractivity contribution in [3.05, 3.63) is 23.2 Å². The van der Waals surface area contributed by atoms with E-state index in [-0.39, 0.29) is 5.83 Å². The van der Waals surface area contributed by atoms with Crippen LogP contribution in [0.4, 0.5) is 4.39 Å². The summed E-state index contributed by atoms with van der Waals surface area (Å²) >= 11 is 0. The highest BCUT2D eigenvalue weighted by Crippen LogP contribution is 2.30. The lowest BCUT2D eigenvalue weighted by Crippen LogP contribution is -2.28. The summed E-state index contributed by atoms with van der Waals surface area (Å²) in [6, 6.07) is 0.544. The summed E-state index contributed by atoms with van der Waals surface area (Å²) in [5, 5.41) is 0. The van der Waals surface area contributed by atoms with Crippen molar-refractivity contribution < 1.29 is 4.39 Å². The first kappa shape index (κ1) is 18.2. The van der Waals surface area contributed by atoms with E-state index in [2.05, 4.69) is 32.7 Å². The van der Waals surface area contributed by atoms with Crippen LogP contribution in [0.1, 0.15) is 53.9 Å². The first-order valence-electron chi connectivity index (χ1n) is 7.46. The zero-order chi connectivity index (χ0) is 15.0. The second kappa shape index (κ2) is 9.13. The average Bonchev–Trinajstić information content (AvgIpc) is 2.37. The normalized spacial score (nSPS) is 17.2. The van der Waals surface area contributed by atoms with E-state index in [0.29, 0.717) is 17.7 Å². The predicted octanol–water partition coefficient (Wildman–Crippen LogP) is 4.24. The minimum Gasteiger partial charge on any atom is -0.402 e. The van der Waals surface area contributed by atoms with Crippen molar-refractivity contribution in [1.82, 2.24) is 4.90 Å². The molecule has 0 amide bonds. The quantitative estimate of drug-likeness (QED) is 0.809. The molecule has 112 valence electrons. The van der Waals surface area contributed by atoms with Crippen molar-refractivity contribution in [3.63, 3.8) is 0 Å². The van der Waals surface area contributed by atoms with Gasteiger partial charge in [0, 0.05) is 11.7 Å². The fourth-order valence-corrected chi connectivity index (χ4v) is 2.04. The van der Waals surface area contributed by atoms with Crippen LogP contribution in [-0.4, -0.2) is 24.5 Å². The Hall–Kier alpha value is -0.830. The molecule has 0 saturated heterocycles. The lowest BCUT2D eigenvalue weighted by molar-refractivity contribution is 0.258. The number of nitrogens with two attached hydrogens (primary N) is 1. The number of hydrogen-bond donors (Lipinski definition) is 1. The van der Waals surface area contributed by atoms with Gasteiger partial charge in [0.05, 0.1) is 0 Å². The van der Waals surface area contributed by atoms with E-state index in [1.165, 1.54) is 6.08 Å². The fourth-order valence-electron chi connectivity index (χ4n) is 2.04. The minimum atomic E-state index is -0.103. The van der Waals surface area contributed by atoms with Gasteiger partial charge in [0.2, 0.25) is 0 Å². The second-order valence-corrected chi connectivity index (χ2v) is 5.36. The first-order valence-corrected chi connectivity index (χ1v) is 7.46. The van der Waals surface area contributed by atoms with Crippen LogP contribution in [0, 0.1) is 5.92 Å². The largest absolute Gasteiger partial charge is 0.402 e. The van der Waals surface area contributed by atoms with E-state index in [0.717, 1.165) is 31.4 Å². The smallest absolute Gasteiger partial charge is 0.124 e. The topological polar surface area (TPSA) is 29.3 Å². The van der Waals surface area contributed by atoms with Crippen LogP contribution >= 0.6 is 0 Å². The summed E-state index contributed by atoms with van der Waals surface area (Å²) < 4.78 is 13.7. The van der Waals surface area contributed by atoms with Crippen LogP contribution in [-0.2, 0) is 0 Å². The molecule has 1 atom stereocenters. The highest BCUT2D eigenvalue weighted by molar-refractivity contribution is 5.29. The molecule has 3 heteroatoms. The Morgan fingerprint density at radius 1 is 1.26 bits per heavy atom. The molecule has 2 N–H and O–H groups in total. The van der Waals surface area contributed by atoms with E-state index >= 15 is 0 Å². The molecule has 0 radical (unpaired) electrons. The van der Waals surface area contributed by atoms with Crippen molar-refractivity contribution in [3.8, 4) is 0 Å². The monoisotopic (exact) mass is 270 g/mol. The number of allylic oxidation sites excluding steroid dienone is 4. The average molecular weight is 270 g/mol. The molecule has 0 aromatic rings. The molecule has 0 aliphatic heterocycles. The summed E-state index contributed by atoms with van der Waals surface area (Å²) in [5.74, 6) is 0.203. The molecule has 0 bridgehead atoms. The lowest BCUT2D eigenvalue weighted by Gasteiger charge is -2.25. The Bertz CT molecular complexity index is 319. The predicted molar refractivity (Wildman–Crippen MR) is 82.5 cm³/mol. The lowest BCUT2D eigenvalue weighted by atomic mass is 9.89. The van der Waals surface area contributed by atoms with Crippen molar-refractivity contribution in [2.75, 3.05) is 13.6 Å². The highest BCUT2D eigenvalue weighted by atomic mass is 19.1. The van der Waals surface area contributed by atoms with Gasteiger partial charge in [-0.25, -0.2) is 4.39 Å². The number of nitrogens with zero attached hydrogens (tertiary/aromatic N) is 1. The van der Waals surface area contributed by atoms with Crippen molar-refractivity contribution >= 4 is 0 Å². The van der Waals surface area contributed by atoms with Crippen LogP contribution in [0.25, 0.3) is 0 Å². The molecule has 0 spiro atoms. The molecule has 0 heterocycles. The van der Waals surface area contributed by atoms with Crippen molar-refractivity contribution in [2.24, 2.45) is 11.7 Å². The van der Waals surface area contributed by atoms with Gasteiger partial charge >= 0.3 is 0 Å². The van der Waals surface area contributed by atoms with Gasteiger partial charge in [0.1, 0.15) is 5.83 Å². The number of halogens is 1. The first-order chi connectivity index (χ1) is 8.91. The molecular weight excluding hydrogens is 239 g/mol. The van der Waals surface area contributed by atoms with Crippen LogP contribution in [0.5, 0.6) is 0 Å². The molecule has 0 aromatic carbocycles. The van der Waals surface area contributed by atoms with E-state index in [9.17, 15) is 4.39 Å². The van der Waals surface area contributed by atoms with Crippen molar-refractivity contribution in [1.29, 1.82) is 0 Å². The van der Waals surface area contributed by atoms with E-state index in [4.69, 9.17) is 5.73 Å². The Morgan fingerprint density at radius 2 is 1.84 bits per heavy atom. The molecule has 1 aliphatic carbocycles. The van der Waals surface area contributed by atoms with Crippen LogP contribution in [0.15, 0.2) is 23.2 Å². The summed E-state index contributed by atoms with van der Waals surface area (Å²) in [6.07, 6.45) is 4.07. The molecule has 19 heavy (non-hydrogen) atoms. The van der Waals surface area contributed by atoms with Crippen LogP contribution in [0.2, 0.25) is 0 Å². The standard InChI is InChI=1S/C14H25FN2.C2H6/c1-10(2)17(4)8-7-11(3)13-6-5-12(16)9-14(13)15;1-2/h9-11H,5-8,16H2,1-4H3;1-2H3. The molecule has 1 unspecified atom stereocenters. The molecule has 0 aromatic heterocycles. The molecular formula is C16H31FN2. The summed E-state index contributed by atoms with van der Waals surface area (Å²) in [5.41, 5.74) is 7.23. The second-order valence-electron chi connectivity index (χ2n) is 5.36. The number of hydrogen-bond acceptors (Lipinski definition) is 2. The molecule has 1 aliphatic rings. The third-order valence-corrected chi connectivity index (χ3v) is 3.69. The summed E-state index contributed by atoms with van der Waals surface area (Å²) in [7, 11) is 2.11. The van der Waals surface area contributed by atoms with Crippen LogP contribution in [0.3, 0.4) is 0 Å². The van der Waals surface area contributed by atoms with Gasteiger partial charge in [0.15, 0.2) is 0 Å². The third kappa shape index (κ3) is 6.24. The Morgan fingerprint density at radius 3 is 2.32 bits per heavy atom. The van der Waals surface area contributed by atoms with Crippen LogP contribution < -0.4 is 5.73 Å². The highest BCUT2D eigenvalue weighted by Gasteiger charge is 2.18. The zero-order valence-corrected chi connectivity index (χ0v) is 13.5. The maximum absolute atomic E-state index is 13.7. The van der Waals surface area contributed by atoms with E-state index in [1.54, 1.807) is 0 Å². The van der Waals surface area contributed by atoms with Gasteiger partial charge in [-0.3, -0.25) is 0 Å². The fraction of sp³-hybridized carbons (Fsp3) is 0.750. The van der Waals surface area contributed by atoms with Gasteiger partial charge < -0.3 is 10.6 Å². The molecule has 2 nitrogen and oxygen atoms in total. The molecule has 0 fully saturated rings. The minimum absolute atomic E-state index is 0.103. The van der Waals surface area contributed by atoms with Gasteiger partial charge in [-0.2, -0.15) is 0 Å². The molecule has 1 rings (SSSR count).